The van der Waals surface area contributed by atoms with Gasteiger partial charge in [-0.2, -0.15) is 0 Å². The van der Waals surface area contributed by atoms with Crippen LogP contribution in [0.5, 0.6) is 0 Å². The molecule has 1 amide bonds. The van der Waals surface area contributed by atoms with Crippen LogP contribution < -0.4 is 0 Å². The quantitative estimate of drug-likeness (QED) is 0.740. The maximum atomic E-state index is 12.5. The summed E-state index contributed by atoms with van der Waals surface area (Å²) in [5.41, 5.74) is -1.01. The van der Waals surface area contributed by atoms with Crippen LogP contribution in [0.3, 0.4) is 0 Å². The highest BCUT2D eigenvalue weighted by Crippen LogP contribution is 2.32. The number of aliphatic carboxylic acids is 1. The Balaban J connectivity index is 4.98. The lowest BCUT2D eigenvalue weighted by Crippen LogP contribution is -2.47. The third kappa shape index (κ3) is 4.78. The molecule has 0 aromatic rings. The van der Waals surface area contributed by atoms with E-state index in [1.54, 1.807) is 11.8 Å². The molecule has 0 saturated heterocycles. The molecule has 1 N–H and O–H groups in total. The molecule has 0 saturated carbocycles. The van der Waals surface area contributed by atoms with Crippen molar-refractivity contribution in [2.24, 2.45) is 11.3 Å². The molecule has 0 aromatic carbocycles. The van der Waals surface area contributed by atoms with Crippen molar-refractivity contribution in [2.45, 2.75) is 47.1 Å². The van der Waals surface area contributed by atoms with Crippen molar-refractivity contribution in [3.8, 4) is 0 Å². The zero-order valence-corrected chi connectivity index (χ0v) is 13.9. The fraction of sp³-hybridized carbons (Fsp3) is 0.867. The van der Waals surface area contributed by atoms with Crippen molar-refractivity contribution >= 4 is 11.9 Å². The summed E-state index contributed by atoms with van der Waals surface area (Å²) in [6.45, 7) is 10.6. The van der Waals surface area contributed by atoms with Gasteiger partial charge in [0.25, 0.3) is 0 Å². The minimum atomic E-state index is -1.01. The first kappa shape index (κ1) is 18.9. The van der Waals surface area contributed by atoms with E-state index >= 15 is 0 Å². The van der Waals surface area contributed by atoms with Gasteiger partial charge in [-0.05, 0) is 40.8 Å². The number of carboxylic acids is 1. The Morgan fingerprint density at radius 1 is 1.20 bits per heavy atom. The molecule has 0 aliphatic rings. The van der Waals surface area contributed by atoms with Gasteiger partial charge in [0.05, 0.1) is 5.41 Å². The summed E-state index contributed by atoms with van der Waals surface area (Å²) < 4.78 is 0. The Kier molecular flexibility index (Phi) is 7.20. The summed E-state index contributed by atoms with van der Waals surface area (Å²) in [5.74, 6) is -1.08. The second-order valence-corrected chi connectivity index (χ2v) is 6.35. The van der Waals surface area contributed by atoms with Crippen molar-refractivity contribution in [1.29, 1.82) is 0 Å². The topological polar surface area (TPSA) is 60.9 Å². The number of rotatable bonds is 8. The predicted molar refractivity (Wildman–Crippen MR) is 80.6 cm³/mol. The number of nitrogens with zero attached hydrogens (tertiary/aromatic N) is 2. The normalized spacial score (nSPS) is 16.1. The molecule has 0 rings (SSSR count). The Hall–Kier alpha value is -1.10. The fourth-order valence-electron chi connectivity index (χ4n) is 2.30. The molecule has 2 atom stereocenters. The molecule has 0 fully saturated rings. The standard InChI is InChI=1S/C15H30N2O3/c1-8-17(12(4)10-16(6)7)13(18)9-15(5,11(2)3)14(19)20/h11-12H,8-10H2,1-7H3,(H,19,20). The predicted octanol–water partition coefficient (Wildman–Crippen LogP) is 1.92. The average molecular weight is 286 g/mol. The molecular weight excluding hydrogens is 256 g/mol. The Morgan fingerprint density at radius 2 is 1.70 bits per heavy atom. The molecule has 0 heterocycles. The van der Waals surface area contributed by atoms with Gasteiger partial charge < -0.3 is 14.9 Å². The van der Waals surface area contributed by atoms with Crippen LogP contribution in [0.15, 0.2) is 0 Å². The Morgan fingerprint density at radius 3 is 2.00 bits per heavy atom. The van der Waals surface area contributed by atoms with E-state index in [2.05, 4.69) is 0 Å². The number of amides is 1. The molecule has 0 aromatic heterocycles. The van der Waals surface area contributed by atoms with Gasteiger partial charge in [0.1, 0.15) is 0 Å². The highest BCUT2D eigenvalue weighted by atomic mass is 16.4. The molecule has 0 aliphatic heterocycles. The molecule has 0 bridgehead atoms. The highest BCUT2D eigenvalue weighted by molar-refractivity contribution is 5.85. The second kappa shape index (κ2) is 7.62. The van der Waals surface area contributed by atoms with E-state index in [-0.39, 0.29) is 24.3 Å². The van der Waals surface area contributed by atoms with E-state index in [9.17, 15) is 14.7 Å². The van der Waals surface area contributed by atoms with E-state index in [0.717, 1.165) is 6.54 Å². The zero-order valence-electron chi connectivity index (χ0n) is 13.9. The second-order valence-electron chi connectivity index (χ2n) is 6.35. The van der Waals surface area contributed by atoms with Gasteiger partial charge >= 0.3 is 5.97 Å². The fourth-order valence-corrected chi connectivity index (χ4v) is 2.30. The van der Waals surface area contributed by atoms with Crippen molar-refractivity contribution in [2.75, 3.05) is 27.2 Å². The summed E-state index contributed by atoms with van der Waals surface area (Å²) in [7, 11) is 3.93. The van der Waals surface area contributed by atoms with Gasteiger partial charge in [-0.15, -0.1) is 0 Å². The summed E-state index contributed by atoms with van der Waals surface area (Å²) in [5, 5.41) is 9.41. The molecule has 0 spiro atoms. The van der Waals surface area contributed by atoms with Crippen LogP contribution in [0.25, 0.3) is 0 Å². The number of carboxylic acid groups (broad SMARTS) is 1. The Labute approximate surface area is 122 Å². The minimum absolute atomic E-state index is 0.0472. The first-order valence-corrected chi connectivity index (χ1v) is 7.23. The van der Waals surface area contributed by atoms with Gasteiger partial charge in [-0.25, -0.2) is 0 Å². The summed E-state index contributed by atoms with van der Waals surface area (Å²) in [4.78, 5) is 27.7. The van der Waals surface area contributed by atoms with Crippen molar-refractivity contribution < 1.29 is 14.7 Å². The number of hydrogen-bond donors (Lipinski definition) is 1. The lowest BCUT2D eigenvalue weighted by Gasteiger charge is -2.34. The van der Waals surface area contributed by atoms with E-state index in [1.807, 2.05) is 46.7 Å². The summed E-state index contributed by atoms with van der Waals surface area (Å²) >= 11 is 0. The number of hydrogen-bond acceptors (Lipinski definition) is 3. The zero-order chi connectivity index (χ0) is 16.1. The molecule has 2 unspecified atom stereocenters. The minimum Gasteiger partial charge on any atom is -0.481 e. The van der Waals surface area contributed by atoms with Gasteiger partial charge in [0.2, 0.25) is 5.91 Å². The number of likely N-dealkylation sites (N-methyl/N-ethyl adjacent to an activating group) is 2. The molecule has 20 heavy (non-hydrogen) atoms. The van der Waals surface area contributed by atoms with Crippen LogP contribution in [-0.2, 0) is 9.59 Å². The van der Waals surface area contributed by atoms with Gasteiger partial charge in [-0.1, -0.05) is 13.8 Å². The van der Waals surface area contributed by atoms with Crippen molar-refractivity contribution in [1.82, 2.24) is 9.80 Å². The lowest BCUT2D eigenvalue weighted by molar-refractivity contribution is -0.156. The number of carbonyl (C=O) groups excluding carboxylic acids is 1. The van der Waals surface area contributed by atoms with Crippen LogP contribution in [-0.4, -0.2) is 60.0 Å². The van der Waals surface area contributed by atoms with Crippen LogP contribution in [0.1, 0.15) is 41.0 Å². The molecule has 0 radical (unpaired) electrons. The lowest BCUT2D eigenvalue weighted by atomic mass is 9.76. The maximum Gasteiger partial charge on any atom is 0.310 e. The monoisotopic (exact) mass is 286 g/mol. The van der Waals surface area contributed by atoms with E-state index in [0.29, 0.717) is 6.54 Å². The smallest absolute Gasteiger partial charge is 0.310 e. The van der Waals surface area contributed by atoms with E-state index in [4.69, 9.17) is 0 Å². The van der Waals surface area contributed by atoms with Crippen LogP contribution in [0.2, 0.25) is 0 Å². The SMILES string of the molecule is CCN(C(=O)CC(C)(C(=O)O)C(C)C)C(C)CN(C)C. The molecular formula is C15H30N2O3. The van der Waals surface area contributed by atoms with Crippen LogP contribution >= 0.6 is 0 Å². The molecule has 118 valence electrons. The van der Waals surface area contributed by atoms with Crippen LogP contribution in [0, 0.1) is 11.3 Å². The third-order valence-electron chi connectivity index (χ3n) is 4.10. The highest BCUT2D eigenvalue weighted by Gasteiger charge is 2.40. The maximum absolute atomic E-state index is 12.5. The molecule has 5 heteroatoms. The number of carbonyl (C=O) groups is 2. The first-order chi connectivity index (χ1) is 9.06. The van der Waals surface area contributed by atoms with Gasteiger partial charge in [-0.3, -0.25) is 9.59 Å². The van der Waals surface area contributed by atoms with Crippen LogP contribution in [0.4, 0.5) is 0 Å². The first-order valence-electron chi connectivity index (χ1n) is 7.23. The summed E-state index contributed by atoms with van der Waals surface area (Å²) in [6.07, 6.45) is 0.0472. The molecule has 0 aliphatic carbocycles. The molecule has 5 nitrogen and oxygen atoms in total. The third-order valence-corrected chi connectivity index (χ3v) is 4.10. The van der Waals surface area contributed by atoms with E-state index < -0.39 is 11.4 Å². The summed E-state index contributed by atoms with van der Waals surface area (Å²) in [6, 6.07) is 0.0766. The largest absolute Gasteiger partial charge is 0.481 e. The average Bonchev–Trinajstić information content (AvgIpc) is 2.27. The van der Waals surface area contributed by atoms with Gasteiger partial charge in [0.15, 0.2) is 0 Å². The van der Waals surface area contributed by atoms with Crippen molar-refractivity contribution in [3.63, 3.8) is 0 Å². The van der Waals surface area contributed by atoms with Gasteiger partial charge in [0, 0.05) is 25.6 Å². The van der Waals surface area contributed by atoms with E-state index in [1.165, 1.54) is 0 Å². The van der Waals surface area contributed by atoms with Crippen molar-refractivity contribution in [3.05, 3.63) is 0 Å². The Bertz CT molecular complexity index is 342.